The molecule has 0 heterocycles. The Morgan fingerprint density at radius 2 is 0.457 bits per heavy atom. The molecule has 2 heteroatoms. The third kappa shape index (κ3) is 9.97. The van der Waals surface area contributed by atoms with Gasteiger partial charge in [0.05, 0.1) is 0 Å². The van der Waals surface area contributed by atoms with E-state index in [0.717, 1.165) is 34.1 Å². The van der Waals surface area contributed by atoms with E-state index in [0.29, 0.717) is 0 Å². The van der Waals surface area contributed by atoms with Gasteiger partial charge in [-0.05, 0) is 83.9 Å². The van der Waals surface area contributed by atoms with Gasteiger partial charge in [-0.25, -0.2) is 0 Å². The van der Waals surface area contributed by atoms with E-state index in [1.807, 2.05) is 55.4 Å². The maximum Gasteiger partial charge on any atom is 0.0467 e. The fourth-order valence-electron chi connectivity index (χ4n) is 4.85. The Hall–Kier alpha value is -5.08. The molecule has 0 spiro atoms. The van der Waals surface area contributed by atoms with Crippen molar-refractivity contribution < 1.29 is 0 Å². The molecule has 0 N–H and O–H groups in total. The summed E-state index contributed by atoms with van der Waals surface area (Å²) in [5.41, 5.74) is 9.09. The SMILES string of the molecule is CC.CC.CC.CC.c1ccc(N(c2ccccc2)c2cccc(-c3cccc(N(c4ccccc4)c4ccccc4)c3)c2)cc1. The van der Waals surface area contributed by atoms with Crippen molar-refractivity contribution in [3.05, 3.63) is 170 Å². The fourth-order valence-corrected chi connectivity index (χ4v) is 4.85. The molecule has 0 radical (unpaired) electrons. The van der Waals surface area contributed by atoms with E-state index >= 15 is 0 Å². The van der Waals surface area contributed by atoms with Crippen LogP contribution < -0.4 is 9.80 Å². The lowest BCUT2D eigenvalue weighted by Gasteiger charge is -2.27. The van der Waals surface area contributed by atoms with E-state index in [1.54, 1.807) is 0 Å². The number of benzene rings is 6. The van der Waals surface area contributed by atoms with Gasteiger partial charge in [0, 0.05) is 34.1 Å². The summed E-state index contributed by atoms with van der Waals surface area (Å²) in [4.78, 5) is 4.60. The zero-order valence-corrected chi connectivity index (χ0v) is 29.1. The van der Waals surface area contributed by atoms with Gasteiger partial charge in [0.15, 0.2) is 0 Å². The fraction of sp³-hybridized carbons (Fsp3) is 0.182. The first-order chi connectivity index (χ1) is 22.9. The summed E-state index contributed by atoms with van der Waals surface area (Å²) in [6.07, 6.45) is 0. The number of nitrogens with zero attached hydrogens (tertiary/aromatic N) is 2. The molecule has 0 fully saturated rings. The molecule has 0 saturated heterocycles. The summed E-state index contributed by atoms with van der Waals surface area (Å²) >= 11 is 0. The summed E-state index contributed by atoms with van der Waals surface area (Å²) < 4.78 is 0. The summed E-state index contributed by atoms with van der Waals surface area (Å²) in [7, 11) is 0. The van der Waals surface area contributed by atoms with Crippen LogP contribution in [0.25, 0.3) is 11.1 Å². The molecule has 46 heavy (non-hydrogen) atoms. The summed E-state index contributed by atoms with van der Waals surface area (Å²) in [6.45, 7) is 16.0. The number of hydrogen-bond acceptors (Lipinski definition) is 2. The first-order valence-electron chi connectivity index (χ1n) is 16.9. The molecular formula is C44H52N2. The van der Waals surface area contributed by atoms with Gasteiger partial charge >= 0.3 is 0 Å². The van der Waals surface area contributed by atoms with E-state index in [2.05, 4.69) is 180 Å². The average molecular weight is 609 g/mol. The molecule has 0 saturated carbocycles. The molecule has 6 aromatic rings. The Morgan fingerprint density at radius 3 is 0.696 bits per heavy atom. The molecule has 0 aliphatic carbocycles. The molecule has 0 atom stereocenters. The quantitative estimate of drug-likeness (QED) is 0.178. The van der Waals surface area contributed by atoms with E-state index in [1.165, 1.54) is 11.1 Å². The third-order valence-electron chi connectivity index (χ3n) is 6.60. The predicted molar refractivity (Wildman–Crippen MR) is 207 cm³/mol. The van der Waals surface area contributed by atoms with Gasteiger partial charge in [-0.1, -0.05) is 152 Å². The molecule has 2 nitrogen and oxygen atoms in total. The van der Waals surface area contributed by atoms with E-state index in [4.69, 9.17) is 0 Å². The minimum atomic E-state index is 1.12. The Morgan fingerprint density at radius 1 is 0.239 bits per heavy atom. The number of rotatable bonds is 7. The highest BCUT2D eigenvalue weighted by molar-refractivity contribution is 5.83. The van der Waals surface area contributed by atoms with Crippen LogP contribution in [0.1, 0.15) is 55.4 Å². The first-order valence-corrected chi connectivity index (χ1v) is 16.9. The van der Waals surface area contributed by atoms with Gasteiger partial charge in [-0.3, -0.25) is 0 Å². The average Bonchev–Trinajstić information content (AvgIpc) is 3.17. The van der Waals surface area contributed by atoms with Crippen molar-refractivity contribution in [3.63, 3.8) is 0 Å². The number of hydrogen-bond donors (Lipinski definition) is 0. The lowest BCUT2D eigenvalue weighted by molar-refractivity contribution is 1.28. The predicted octanol–water partition coefficient (Wildman–Crippen LogP) is 14.4. The molecule has 0 unspecified atom stereocenters. The van der Waals surface area contributed by atoms with Gasteiger partial charge in [-0.2, -0.15) is 0 Å². The third-order valence-corrected chi connectivity index (χ3v) is 6.60. The molecule has 6 rings (SSSR count). The largest absolute Gasteiger partial charge is 0.310 e. The van der Waals surface area contributed by atoms with Crippen LogP contribution in [-0.2, 0) is 0 Å². The van der Waals surface area contributed by atoms with Crippen molar-refractivity contribution in [1.29, 1.82) is 0 Å². The first kappa shape index (κ1) is 37.1. The molecule has 0 aliphatic rings. The van der Waals surface area contributed by atoms with Gasteiger partial charge in [0.25, 0.3) is 0 Å². The van der Waals surface area contributed by atoms with Crippen molar-refractivity contribution in [2.75, 3.05) is 9.80 Å². The Balaban J connectivity index is 0.000000856. The second-order valence-corrected chi connectivity index (χ2v) is 9.11. The van der Waals surface area contributed by atoms with Crippen LogP contribution in [0.3, 0.4) is 0 Å². The molecule has 0 bridgehead atoms. The minimum Gasteiger partial charge on any atom is -0.310 e. The van der Waals surface area contributed by atoms with Crippen LogP contribution >= 0.6 is 0 Å². The highest BCUT2D eigenvalue weighted by Crippen LogP contribution is 2.39. The molecule has 0 aliphatic heterocycles. The van der Waals surface area contributed by atoms with Crippen LogP contribution in [0.15, 0.2) is 170 Å². The Kier molecular flexibility index (Phi) is 17.4. The van der Waals surface area contributed by atoms with Crippen molar-refractivity contribution in [2.45, 2.75) is 55.4 Å². The molecular weight excluding hydrogens is 556 g/mol. The van der Waals surface area contributed by atoms with Gasteiger partial charge in [-0.15, -0.1) is 0 Å². The zero-order chi connectivity index (χ0) is 33.6. The second-order valence-electron chi connectivity index (χ2n) is 9.11. The summed E-state index contributed by atoms with van der Waals surface area (Å²) in [6, 6.07) is 59.6. The Bertz CT molecular complexity index is 1390. The molecule has 6 aromatic carbocycles. The second kappa shape index (κ2) is 21.6. The summed E-state index contributed by atoms with van der Waals surface area (Å²) in [5, 5.41) is 0. The minimum absolute atomic E-state index is 1.12. The van der Waals surface area contributed by atoms with Gasteiger partial charge < -0.3 is 9.80 Å². The summed E-state index contributed by atoms with van der Waals surface area (Å²) in [5.74, 6) is 0. The van der Waals surface area contributed by atoms with Crippen molar-refractivity contribution in [2.24, 2.45) is 0 Å². The van der Waals surface area contributed by atoms with Crippen LogP contribution in [-0.4, -0.2) is 0 Å². The highest BCUT2D eigenvalue weighted by atomic mass is 15.1. The smallest absolute Gasteiger partial charge is 0.0467 e. The number of anilines is 6. The Labute approximate surface area is 279 Å². The standard InChI is InChI=1S/C36H28N2.4C2H6/c1-5-17-31(18-6-1)37(32-19-7-2-8-20-32)35-25-13-15-29(27-35)30-16-14-26-36(28-30)38(33-21-9-3-10-22-33)34-23-11-4-12-24-34;4*1-2/h1-28H;4*1-2H3. The van der Waals surface area contributed by atoms with E-state index in [9.17, 15) is 0 Å². The van der Waals surface area contributed by atoms with Crippen LogP contribution in [0.4, 0.5) is 34.1 Å². The van der Waals surface area contributed by atoms with Gasteiger partial charge in [0.2, 0.25) is 0 Å². The highest BCUT2D eigenvalue weighted by Gasteiger charge is 2.15. The normalized spacial score (nSPS) is 9.30. The lowest BCUT2D eigenvalue weighted by Crippen LogP contribution is -2.10. The maximum absolute atomic E-state index is 2.30. The van der Waals surface area contributed by atoms with Crippen LogP contribution in [0.2, 0.25) is 0 Å². The van der Waals surface area contributed by atoms with Crippen molar-refractivity contribution >= 4 is 34.1 Å². The maximum atomic E-state index is 2.30. The molecule has 0 aromatic heterocycles. The van der Waals surface area contributed by atoms with E-state index in [-0.39, 0.29) is 0 Å². The van der Waals surface area contributed by atoms with Crippen molar-refractivity contribution in [1.82, 2.24) is 0 Å². The zero-order valence-electron chi connectivity index (χ0n) is 29.1. The van der Waals surface area contributed by atoms with Crippen molar-refractivity contribution in [3.8, 4) is 11.1 Å². The van der Waals surface area contributed by atoms with E-state index < -0.39 is 0 Å². The number of para-hydroxylation sites is 4. The van der Waals surface area contributed by atoms with Crippen LogP contribution in [0, 0.1) is 0 Å². The molecule has 238 valence electrons. The topological polar surface area (TPSA) is 6.48 Å². The monoisotopic (exact) mass is 608 g/mol. The van der Waals surface area contributed by atoms with Gasteiger partial charge in [0.1, 0.15) is 0 Å². The molecule has 0 amide bonds. The lowest BCUT2D eigenvalue weighted by atomic mass is 10.0. The van der Waals surface area contributed by atoms with Crippen LogP contribution in [0.5, 0.6) is 0 Å².